The Labute approximate surface area is 264 Å². The Bertz CT molecular complexity index is 1190. The summed E-state index contributed by atoms with van der Waals surface area (Å²) in [4.78, 5) is 78.7. The zero-order chi connectivity index (χ0) is 33.8. The van der Waals surface area contributed by atoms with Crippen molar-refractivity contribution in [2.45, 2.75) is 77.7 Å². The van der Waals surface area contributed by atoms with Crippen molar-refractivity contribution in [1.82, 2.24) is 15.5 Å². The van der Waals surface area contributed by atoms with Crippen LogP contribution in [0.5, 0.6) is 0 Å². The Balaban J connectivity index is 2.13. The molecule has 0 aliphatic carbocycles. The van der Waals surface area contributed by atoms with Crippen molar-refractivity contribution in [3.05, 3.63) is 35.9 Å². The van der Waals surface area contributed by atoms with Crippen LogP contribution in [0.2, 0.25) is 0 Å². The quantitative estimate of drug-likeness (QED) is 0.174. The largest absolute Gasteiger partial charge is 0.467 e. The molecule has 45 heavy (non-hydrogen) atoms. The number of nitrogens with two attached hydrogens (primary N) is 1. The highest BCUT2D eigenvalue weighted by Gasteiger charge is 2.44. The summed E-state index contributed by atoms with van der Waals surface area (Å²) in [5, 5.41) is 4.83. The summed E-state index contributed by atoms with van der Waals surface area (Å²) in [5.41, 5.74) is 5.71. The van der Waals surface area contributed by atoms with Crippen molar-refractivity contribution in [2.24, 2.45) is 11.7 Å². The second kappa shape index (κ2) is 16.9. The van der Waals surface area contributed by atoms with E-state index in [1.54, 1.807) is 49.9 Å². The molecule has 0 radical (unpaired) electrons. The number of benzene rings is 1. The summed E-state index contributed by atoms with van der Waals surface area (Å²) in [5.74, 6) is -2.59. The maximum absolute atomic E-state index is 13.7. The van der Waals surface area contributed by atoms with Crippen molar-refractivity contribution in [3.63, 3.8) is 0 Å². The molecule has 14 nitrogen and oxygen atoms in total. The smallest absolute Gasteiger partial charge is 0.410 e. The third kappa shape index (κ3) is 12.1. The second-order valence-electron chi connectivity index (χ2n) is 12.4. The lowest BCUT2D eigenvalue weighted by molar-refractivity contribution is -0.758. The number of quaternary nitrogens is 1. The Morgan fingerprint density at radius 2 is 1.67 bits per heavy atom. The standard InChI is InChI=1S/C31H47N5O9/c1-21(32)27(39)33-18-26(38)36(5,19-24(28(40)43-6)34-29(41)44-20-23-10-8-7-9-11-23)25(37)13-12-22-14-16-35(17-15-22)30(42)45-31(2,3)4/h7-11,21-22,24H,12-20,32H2,1-6H3,(H-,33,34,39,41)/p+1/t21-,24-,36?/m0/s1. The first-order valence-electron chi connectivity index (χ1n) is 15.0. The zero-order valence-electron chi connectivity index (χ0n) is 27.1. The van der Waals surface area contributed by atoms with Crippen LogP contribution in [0.1, 0.15) is 58.9 Å². The molecule has 14 heteroatoms. The number of esters is 1. The van der Waals surface area contributed by atoms with Crippen molar-refractivity contribution in [3.8, 4) is 0 Å². The lowest BCUT2D eigenvalue weighted by atomic mass is 9.92. The average Bonchev–Trinajstić information content (AvgIpc) is 3.00. The lowest BCUT2D eigenvalue weighted by Crippen LogP contribution is -2.63. The Morgan fingerprint density at radius 3 is 2.22 bits per heavy atom. The summed E-state index contributed by atoms with van der Waals surface area (Å²) < 4.78 is 14.6. The van der Waals surface area contributed by atoms with Gasteiger partial charge in [0.25, 0.3) is 0 Å². The average molecular weight is 635 g/mol. The fourth-order valence-electron chi connectivity index (χ4n) is 4.74. The van der Waals surface area contributed by atoms with Gasteiger partial charge in [-0.05, 0) is 58.4 Å². The highest BCUT2D eigenvalue weighted by molar-refractivity contribution is 5.90. The molecule has 1 aromatic carbocycles. The van der Waals surface area contributed by atoms with Crippen LogP contribution < -0.4 is 16.4 Å². The van der Waals surface area contributed by atoms with Crippen LogP contribution in [-0.2, 0) is 40.0 Å². The number of ether oxygens (including phenoxy) is 3. The van der Waals surface area contributed by atoms with Crippen molar-refractivity contribution in [2.75, 3.05) is 40.3 Å². The molecular weight excluding hydrogens is 586 g/mol. The number of hydrogen-bond acceptors (Lipinski definition) is 10. The number of likely N-dealkylation sites (N-methyl/N-ethyl adjacent to an activating group) is 1. The number of methoxy groups -OCH3 is 1. The number of hydrogen-bond donors (Lipinski definition) is 3. The topological polar surface area (TPSA) is 183 Å². The van der Waals surface area contributed by atoms with Gasteiger partial charge in [0.1, 0.15) is 25.3 Å². The lowest BCUT2D eigenvalue weighted by Gasteiger charge is -2.34. The van der Waals surface area contributed by atoms with E-state index in [1.807, 2.05) is 6.07 Å². The maximum Gasteiger partial charge on any atom is 0.410 e. The van der Waals surface area contributed by atoms with Gasteiger partial charge in [-0.15, -0.1) is 0 Å². The number of amides is 5. The van der Waals surface area contributed by atoms with E-state index in [0.29, 0.717) is 32.4 Å². The van der Waals surface area contributed by atoms with Crippen LogP contribution in [0.15, 0.2) is 30.3 Å². The van der Waals surface area contributed by atoms with E-state index < -0.39 is 65.0 Å². The minimum atomic E-state index is -1.42. The van der Waals surface area contributed by atoms with Gasteiger partial charge in [0.15, 0.2) is 6.04 Å². The van der Waals surface area contributed by atoms with Crippen molar-refractivity contribution >= 4 is 35.9 Å². The van der Waals surface area contributed by atoms with Gasteiger partial charge in [0.2, 0.25) is 5.91 Å². The minimum Gasteiger partial charge on any atom is -0.467 e. The Morgan fingerprint density at radius 1 is 1.04 bits per heavy atom. The number of alkyl carbamates (subject to hydrolysis) is 1. The van der Waals surface area contributed by atoms with Crippen LogP contribution in [-0.4, -0.2) is 103 Å². The van der Waals surface area contributed by atoms with Crippen molar-refractivity contribution in [1.29, 1.82) is 0 Å². The molecule has 0 spiro atoms. The molecule has 0 aromatic heterocycles. The van der Waals surface area contributed by atoms with Gasteiger partial charge in [0.05, 0.1) is 26.6 Å². The number of likely N-dealkylation sites (tertiary alicyclic amines) is 1. The number of carbonyl (C=O) groups is 6. The molecule has 1 fully saturated rings. The van der Waals surface area contributed by atoms with Gasteiger partial charge in [-0.3, -0.25) is 4.79 Å². The van der Waals surface area contributed by atoms with Gasteiger partial charge in [0, 0.05) is 13.1 Å². The fraction of sp³-hybridized carbons (Fsp3) is 0.613. The SMILES string of the molecule is COC(=O)[C@H](C[N+](C)(C(=O)CCC1CCN(C(=O)OC(C)(C)C)CC1)C(=O)CNC(=O)[C@H](C)N)NC(=O)OCc1ccccc1. The number of nitrogens with zero attached hydrogens (tertiary/aromatic N) is 2. The first-order valence-corrected chi connectivity index (χ1v) is 15.0. The molecule has 1 aliphatic rings. The van der Waals surface area contributed by atoms with Gasteiger partial charge in [-0.1, -0.05) is 30.3 Å². The second-order valence-corrected chi connectivity index (χ2v) is 12.4. The zero-order valence-corrected chi connectivity index (χ0v) is 27.1. The van der Waals surface area contributed by atoms with Crippen molar-refractivity contribution < 1.29 is 47.5 Å². The van der Waals surface area contributed by atoms with Gasteiger partial charge in [-0.2, -0.15) is 4.48 Å². The number of rotatable bonds is 12. The first-order chi connectivity index (χ1) is 21.1. The van der Waals surface area contributed by atoms with Crippen LogP contribution >= 0.6 is 0 Å². The van der Waals surface area contributed by atoms with Gasteiger partial charge >= 0.3 is 30.0 Å². The summed E-state index contributed by atoms with van der Waals surface area (Å²) in [7, 11) is 2.45. The predicted molar refractivity (Wildman–Crippen MR) is 163 cm³/mol. The molecule has 4 N–H and O–H groups in total. The molecule has 0 saturated carbocycles. The molecule has 1 aromatic rings. The number of carbonyl (C=O) groups excluding carboxylic acids is 6. The van der Waals surface area contributed by atoms with Crippen LogP contribution in [0.25, 0.3) is 0 Å². The van der Waals surface area contributed by atoms with E-state index in [4.69, 9.17) is 19.9 Å². The summed E-state index contributed by atoms with van der Waals surface area (Å²) >= 11 is 0. The molecule has 2 rings (SSSR count). The molecular formula is C31H48N5O9+. The van der Waals surface area contributed by atoms with E-state index >= 15 is 0 Å². The predicted octanol–water partition coefficient (Wildman–Crippen LogP) is 1.84. The van der Waals surface area contributed by atoms with E-state index in [0.717, 1.165) is 12.7 Å². The molecule has 250 valence electrons. The normalized spacial score (nSPS) is 16.4. The Kier molecular flexibility index (Phi) is 13.9. The molecule has 0 bridgehead atoms. The molecule has 1 heterocycles. The number of piperidine rings is 1. The van der Waals surface area contributed by atoms with Gasteiger partial charge in [-0.25, -0.2) is 24.0 Å². The summed E-state index contributed by atoms with van der Waals surface area (Å²) in [6.07, 6.45) is 0.381. The van der Waals surface area contributed by atoms with Crippen LogP contribution in [0.4, 0.5) is 9.59 Å². The summed E-state index contributed by atoms with van der Waals surface area (Å²) in [6.45, 7) is 6.73. The third-order valence-corrected chi connectivity index (χ3v) is 7.50. The van der Waals surface area contributed by atoms with E-state index in [-0.39, 0.29) is 25.0 Å². The third-order valence-electron chi connectivity index (χ3n) is 7.50. The highest BCUT2D eigenvalue weighted by atomic mass is 16.6. The van der Waals surface area contributed by atoms with Crippen LogP contribution in [0, 0.1) is 5.92 Å². The highest BCUT2D eigenvalue weighted by Crippen LogP contribution is 2.25. The first kappa shape index (κ1) is 37.1. The molecule has 1 aliphatic heterocycles. The summed E-state index contributed by atoms with van der Waals surface area (Å²) in [6, 6.07) is 6.58. The maximum atomic E-state index is 13.7. The number of nitrogens with one attached hydrogen (secondary N) is 2. The minimum absolute atomic E-state index is 0.0209. The number of imide groups is 1. The van der Waals surface area contributed by atoms with E-state index in [1.165, 1.54) is 14.0 Å². The van der Waals surface area contributed by atoms with Gasteiger partial charge < -0.3 is 35.5 Å². The molecule has 1 unspecified atom stereocenters. The Hall–Kier alpha value is -4.04. The van der Waals surface area contributed by atoms with E-state index in [9.17, 15) is 28.8 Å². The molecule has 5 amide bonds. The monoisotopic (exact) mass is 634 g/mol. The molecule has 3 atom stereocenters. The fourth-order valence-corrected chi connectivity index (χ4v) is 4.74. The van der Waals surface area contributed by atoms with E-state index in [2.05, 4.69) is 10.6 Å². The molecule has 1 saturated heterocycles. The van der Waals surface area contributed by atoms with Crippen LogP contribution in [0.3, 0.4) is 0 Å².